The molecule has 3 heterocycles. The van der Waals surface area contributed by atoms with E-state index in [0.29, 0.717) is 22.7 Å². The summed E-state index contributed by atoms with van der Waals surface area (Å²) in [7, 11) is 2.95. The van der Waals surface area contributed by atoms with Crippen molar-refractivity contribution in [2.75, 3.05) is 19.1 Å². The third kappa shape index (κ3) is 2.76. The lowest BCUT2D eigenvalue weighted by molar-refractivity contribution is -0.131. The van der Waals surface area contributed by atoms with E-state index in [2.05, 4.69) is 0 Å². The summed E-state index contributed by atoms with van der Waals surface area (Å²) in [6, 6.07) is 9.09. The minimum absolute atomic E-state index is 0.0838. The van der Waals surface area contributed by atoms with E-state index >= 15 is 0 Å². The number of methoxy groups -OCH3 is 2. The van der Waals surface area contributed by atoms with Gasteiger partial charge in [-0.05, 0) is 18.2 Å². The van der Waals surface area contributed by atoms with Crippen LogP contribution in [0.4, 0.5) is 5.69 Å². The molecule has 2 aromatic carbocycles. The van der Waals surface area contributed by atoms with E-state index in [4.69, 9.17) is 19.9 Å². The van der Waals surface area contributed by atoms with Gasteiger partial charge in [0.2, 0.25) is 11.8 Å². The van der Waals surface area contributed by atoms with E-state index in [9.17, 15) is 19.5 Å². The van der Waals surface area contributed by atoms with Crippen LogP contribution in [0.2, 0.25) is 0 Å². The number of rotatable bonds is 3. The first-order valence-corrected chi connectivity index (χ1v) is 10.5. The number of carbonyl (C=O) groups is 3. The molecule has 0 radical (unpaired) electrons. The zero-order chi connectivity index (χ0) is 22.7. The van der Waals surface area contributed by atoms with Gasteiger partial charge in [-0.25, -0.2) is 9.69 Å². The predicted molar refractivity (Wildman–Crippen MR) is 115 cm³/mol. The van der Waals surface area contributed by atoms with E-state index in [1.54, 1.807) is 24.3 Å². The summed E-state index contributed by atoms with van der Waals surface area (Å²) in [5, 5.41) is 9.14. The lowest BCUT2D eigenvalue weighted by atomic mass is 9.77. The molecule has 3 aliphatic heterocycles. The van der Waals surface area contributed by atoms with Gasteiger partial charge < -0.3 is 25.1 Å². The Morgan fingerprint density at radius 2 is 1.78 bits per heavy atom. The van der Waals surface area contributed by atoms with E-state index in [0.717, 1.165) is 16.7 Å². The molecule has 0 aromatic heterocycles. The number of aromatic hydroxyl groups is 1. The molecule has 1 fully saturated rings. The number of imide groups is 1. The Balaban J connectivity index is 1.62. The number of nitrogens with two attached hydrogens (primary N) is 1. The molecule has 9 nitrogen and oxygen atoms in total. The van der Waals surface area contributed by atoms with Crippen LogP contribution in [0.1, 0.15) is 11.5 Å². The Morgan fingerprint density at radius 3 is 2.50 bits per heavy atom. The second-order valence-corrected chi connectivity index (χ2v) is 8.67. The maximum absolute atomic E-state index is 13.6. The monoisotopic (exact) mass is 454 g/mol. The largest absolute Gasteiger partial charge is 0.508 e. The molecule has 3 atom stereocenters. The molecule has 2 aromatic rings. The van der Waals surface area contributed by atoms with Gasteiger partial charge in [0.05, 0.1) is 36.4 Å². The van der Waals surface area contributed by atoms with Gasteiger partial charge in [-0.15, -0.1) is 0 Å². The summed E-state index contributed by atoms with van der Waals surface area (Å²) in [6.07, 6.45) is 0. The van der Waals surface area contributed by atoms with Crippen LogP contribution < -0.4 is 24.8 Å². The van der Waals surface area contributed by atoms with Gasteiger partial charge >= 0.3 is 5.97 Å². The van der Waals surface area contributed by atoms with Crippen molar-refractivity contribution in [3.8, 4) is 23.0 Å². The molecule has 0 aliphatic carbocycles. The quantitative estimate of drug-likeness (QED) is 0.406. The van der Waals surface area contributed by atoms with Crippen molar-refractivity contribution < 1.29 is 33.7 Å². The zero-order valence-corrected chi connectivity index (χ0v) is 17.8. The van der Waals surface area contributed by atoms with Crippen molar-refractivity contribution in [1.82, 2.24) is 0 Å². The molecule has 10 heteroatoms. The number of hydrogen-bond acceptors (Lipinski definition) is 9. The van der Waals surface area contributed by atoms with Crippen molar-refractivity contribution in [1.29, 1.82) is 0 Å². The first kappa shape index (κ1) is 20.3. The van der Waals surface area contributed by atoms with Crippen LogP contribution in [0.25, 0.3) is 0 Å². The summed E-state index contributed by atoms with van der Waals surface area (Å²) in [5.74, 6) is -2.32. The van der Waals surface area contributed by atoms with Gasteiger partial charge in [0, 0.05) is 23.6 Å². The van der Waals surface area contributed by atoms with E-state index in [1.165, 1.54) is 26.4 Å². The summed E-state index contributed by atoms with van der Waals surface area (Å²) >= 11 is 0.991. The van der Waals surface area contributed by atoms with Crippen molar-refractivity contribution in [3.05, 3.63) is 52.6 Å². The second-order valence-electron chi connectivity index (χ2n) is 7.48. The zero-order valence-electron chi connectivity index (χ0n) is 17.0. The van der Waals surface area contributed by atoms with Gasteiger partial charge in [0.1, 0.15) is 16.7 Å². The summed E-state index contributed by atoms with van der Waals surface area (Å²) in [4.78, 5) is 40.8. The number of ether oxygens (including phenoxy) is 3. The molecule has 2 amide bonds. The molecule has 5 rings (SSSR count). The fraction of sp³-hybridized carbons (Fsp3) is 0.227. The van der Waals surface area contributed by atoms with Crippen molar-refractivity contribution in [2.45, 2.75) is 11.2 Å². The van der Waals surface area contributed by atoms with E-state index in [1.807, 2.05) is 0 Å². The number of amides is 2. The highest BCUT2D eigenvalue weighted by molar-refractivity contribution is 8.04. The molecule has 0 unspecified atom stereocenters. The SMILES string of the molecule is COc1ccc(N2C(=O)[C@@H]3[C@@H]4C(=C(N)S[C@H]3C2=O)C(=O)Oc2cc(O)ccc24)cc1OC. The highest BCUT2D eigenvalue weighted by atomic mass is 32.2. The maximum Gasteiger partial charge on any atom is 0.342 e. The number of phenolic OH excluding ortho intramolecular Hbond substituents is 1. The van der Waals surface area contributed by atoms with Crippen LogP contribution in [0, 0.1) is 5.92 Å². The van der Waals surface area contributed by atoms with Crippen LogP contribution in [0.5, 0.6) is 23.0 Å². The molecule has 0 bridgehead atoms. The summed E-state index contributed by atoms with van der Waals surface area (Å²) < 4.78 is 15.9. The second kappa shape index (κ2) is 7.20. The predicted octanol–water partition coefficient (Wildman–Crippen LogP) is 1.89. The molecular formula is C22H18N2O7S. The third-order valence-corrected chi connectivity index (χ3v) is 7.09. The van der Waals surface area contributed by atoms with Crippen LogP contribution in [0.3, 0.4) is 0 Å². The smallest absolute Gasteiger partial charge is 0.342 e. The lowest BCUT2D eigenvalue weighted by Crippen LogP contribution is -2.39. The molecule has 164 valence electrons. The molecule has 1 saturated heterocycles. The van der Waals surface area contributed by atoms with Gasteiger partial charge in [0.15, 0.2) is 11.5 Å². The first-order valence-electron chi connectivity index (χ1n) is 9.67. The number of anilines is 1. The minimum atomic E-state index is -0.862. The Labute approximate surface area is 186 Å². The fourth-order valence-corrected chi connectivity index (χ4v) is 5.70. The van der Waals surface area contributed by atoms with Crippen LogP contribution in [-0.2, 0) is 14.4 Å². The molecule has 3 N–H and O–H groups in total. The standard InChI is InChI=1S/C22H18N2O7S/c1-29-12-6-3-9(7-14(12)30-2)24-20(26)16-15-11-5-4-10(25)8-13(11)31-22(28)17(15)19(23)32-18(16)21(24)27/h3-8,15-16,18,25H,23H2,1-2H3/t15-,16-,18-/m1/s1. The number of fused-ring (bicyclic) bond motifs is 5. The van der Waals surface area contributed by atoms with Gasteiger partial charge in [0.25, 0.3) is 0 Å². The van der Waals surface area contributed by atoms with Crippen molar-refractivity contribution in [3.63, 3.8) is 0 Å². The van der Waals surface area contributed by atoms with Crippen LogP contribution >= 0.6 is 11.8 Å². The number of carbonyl (C=O) groups excluding carboxylic acids is 3. The fourth-order valence-electron chi connectivity index (χ4n) is 4.46. The van der Waals surface area contributed by atoms with Gasteiger partial charge in [-0.2, -0.15) is 0 Å². The molecule has 3 aliphatic rings. The topological polar surface area (TPSA) is 128 Å². The van der Waals surface area contributed by atoms with Gasteiger partial charge in [-0.3, -0.25) is 9.59 Å². The summed E-state index contributed by atoms with van der Waals surface area (Å²) in [6.45, 7) is 0. The van der Waals surface area contributed by atoms with Crippen molar-refractivity contribution >= 4 is 35.2 Å². The number of benzene rings is 2. The number of esters is 1. The molecule has 32 heavy (non-hydrogen) atoms. The third-order valence-electron chi connectivity index (χ3n) is 5.87. The molecular weight excluding hydrogens is 436 g/mol. The average molecular weight is 454 g/mol. The summed E-state index contributed by atoms with van der Waals surface area (Å²) in [5.41, 5.74) is 7.18. The Bertz CT molecular complexity index is 1220. The Morgan fingerprint density at radius 1 is 1.03 bits per heavy atom. The number of phenols is 1. The number of hydrogen-bond donors (Lipinski definition) is 2. The van der Waals surface area contributed by atoms with Crippen molar-refractivity contribution in [2.24, 2.45) is 11.7 Å². The molecule has 0 spiro atoms. The Kier molecular flexibility index (Phi) is 4.55. The van der Waals surface area contributed by atoms with Gasteiger partial charge in [-0.1, -0.05) is 17.8 Å². The van der Waals surface area contributed by atoms with E-state index < -0.39 is 34.9 Å². The maximum atomic E-state index is 13.6. The average Bonchev–Trinajstić information content (AvgIpc) is 3.02. The van der Waals surface area contributed by atoms with E-state index in [-0.39, 0.29) is 22.1 Å². The number of thioether (sulfide) groups is 1. The normalized spacial score (nSPS) is 24.0. The number of nitrogens with zero attached hydrogens (tertiary/aromatic N) is 1. The highest BCUT2D eigenvalue weighted by Crippen LogP contribution is 2.55. The lowest BCUT2D eigenvalue weighted by Gasteiger charge is -2.36. The minimum Gasteiger partial charge on any atom is -0.508 e. The van der Waals surface area contributed by atoms with Crippen LogP contribution in [0.15, 0.2) is 47.0 Å². The first-order chi connectivity index (χ1) is 15.3. The van der Waals surface area contributed by atoms with Crippen LogP contribution in [-0.4, -0.2) is 42.4 Å². The highest BCUT2D eigenvalue weighted by Gasteiger charge is 2.58. The Hall–Kier alpha value is -3.66. The molecule has 0 saturated carbocycles.